The Morgan fingerprint density at radius 1 is 0.298 bits per heavy atom. The molecule has 0 bridgehead atoms. The van der Waals surface area contributed by atoms with Crippen molar-refractivity contribution in [1.82, 2.24) is 9.97 Å². The summed E-state index contributed by atoms with van der Waals surface area (Å²) in [5, 5.41) is 0.693. The second-order valence-corrected chi connectivity index (χ2v) is 14.9. The summed E-state index contributed by atoms with van der Waals surface area (Å²) in [6, 6.07) is 66.1. The Hall–Kier alpha value is -6.87. The number of pyridine rings is 2. The molecule has 0 aliphatic carbocycles. The molecule has 0 spiro atoms. The monoisotopic (exact) mass is 750 g/mol. The molecule has 9 rings (SSSR count). The van der Waals surface area contributed by atoms with Crippen molar-refractivity contribution in [2.45, 2.75) is 13.8 Å². The molecule has 3 heteroatoms. The second kappa shape index (κ2) is 15.7. The molecule has 7 aromatic carbocycles. The third-order valence-corrected chi connectivity index (χ3v) is 11.0. The van der Waals surface area contributed by atoms with Crippen LogP contribution in [0.4, 0.5) is 0 Å². The highest BCUT2D eigenvalue weighted by atomic mass is 35.5. The van der Waals surface area contributed by atoms with Gasteiger partial charge in [-0.1, -0.05) is 169 Å². The van der Waals surface area contributed by atoms with Gasteiger partial charge in [0.15, 0.2) is 0 Å². The number of hydrogen-bond acceptors (Lipinski definition) is 2. The molecule has 2 nitrogen and oxygen atoms in total. The number of benzene rings is 7. The van der Waals surface area contributed by atoms with Crippen LogP contribution in [0.5, 0.6) is 0 Å². The normalized spacial score (nSPS) is 11.1. The van der Waals surface area contributed by atoms with E-state index in [-0.39, 0.29) is 0 Å². The highest BCUT2D eigenvalue weighted by Gasteiger charge is 2.14. The van der Waals surface area contributed by atoms with Crippen LogP contribution in [0.3, 0.4) is 0 Å². The zero-order valence-corrected chi connectivity index (χ0v) is 32.6. The van der Waals surface area contributed by atoms with Gasteiger partial charge in [-0.25, -0.2) is 0 Å². The third kappa shape index (κ3) is 7.44. The van der Waals surface area contributed by atoms with Crippen LogP contribution in [-0.2, 0) is 0 Å². The summed E-state index contributed by atoms with van der Waals surface area (Å²) in [7, 11) is 0. The Kier molecular flexibility index (Phi) is 9.87. The Morgan fingerprint density at radius 3 is 0.982 bits per heavy atom. The van der Waals surface area contributed by atoms with Gasteiger partial charge in [0.25, 0.3) is 0 Å². The van der Waals surface area contributed by atoms with Crippen LogP contribution in [0.25, 0.3) is 89.3 Å². The summed E-state index contributed by atoms with van der Waals surface area (Å²) in [5.41, 5.74) is 20.1. The zero-order chi connectivity index (χ0) is 38.7. The predicted octanol–water partition coefficient (Wildman–Crippen LogP) is 15.1. The average Bonchev–Trinajstić information content (AvgIpc) is 3.27. The lowest BCUT2D eigenvalue weighted by atomic mass is 9.90. The summed E-state index contributed by atoms with van der Waals surface area (Å²) < 4.78 is 0. The average molecular weight is 751 g/mol. The minimum Gasteiger partial charge on any atom is -0.256 e. The van der Waals surface area contributed by atoms with Crippen LogP contribution in [-0.4, -0.2) is 9.97 Å². The van der Waals surface area contributed by atoms with Crippen LogP contribution in [0, 0.1) is 13.8 Å². The molecule has 0 aliphatic heterocycles. The number of aromatic nitrogens is 2. The number of aryl methyl sites for hydroxylation is 2. The van der Waals surface area contributed by atoms with Gasteiger partial charge in [0.2, 0.25) is 0 Å². The number of hydrogen-bond donors (Lipinski definition) is 0. The van der Waals surface area contributed by atoms with E-state index >= 15 is 0 Å². The second-order valence-electron chi connectivity index (χ2n) is 14.5. The molecule has 0 unspecified atom stereocenters. The molecular weight excluding hydrogens is 712 g/mol. The van der Waals surface area contributed by atoms with Crippen molar-refractivity contribution in [3.63, 3.8) is 0 Å². The summed E-state index contributed by atoms with van der Waals surface area (Å²) in [6.45, 7) is 4.30. The van der Waals surface area contributed by atoms with E-state index in [0.29, 0.717) is 5.02 Å². The molecule has 57 heavy (non-hydrogen) atoms. The van der Waals surface area contributed by atoms with E-state index in [4.69, 9.17) is 21.6 Å². The fourth-order valence-electron chi connectivity index (χ4n) is 7.78. The molecule has 2 heterocycles. The first kappa shape index (κ1) is 35.8. The van der Waals surface area contributed by atoms with E-state index in [1.165, 1.54) is 22.3 Å². The van der Waals surface area contributed by atoms with Crippen LogP contribution in [0.15, 0.2) is 200 Å². The molecule has 0 atom stereocenters. The molecular formula is C54H39ClN2. The molecule has 0 saturated carbocycles. The van der Waals surface area contributed by atoms with Gasteiger partial charge in [-0.3, -0.25) is 9.97 Å². The lowest BCUT2D eigenvalue weighted by molar-refractivity contribution is 1.29. The highest BCUT2D eigenvalue weighted by molar-refractivity contribution is 6.31. The lowest BCUT2D eigenvalue weighted by Gasteiger charge is -2.15. The summed E-state index contributed by atoms with van der Waals surface area (Å²) in [6.07, 6.45) is 3.97. The van der Waals surface area contributed by atoms with Crippen LogP contribution in [0.2, 0.25) is 5.02 Å². The summed E-state index contributed by atoms with van der Waals surface area (Å²) in [4.78, 5) is 9.69. The molecule has 0 amide bonds. The molecule has 0 aliphatic rings. The predicted molar refractivity (Wildman–Crippen MR) is 240 cm³/mol. The van der Waals surface area contributed by atoms with Gasteiger partial charge < -0.3 is 0 Å². The Morgan fingerprint density at radius 2 is 0.614 bits per heavy atom. The maximum atomic E-state index is 6.94. The number of nitrogens with zero attached hydrogens (tertiary/aromatic N) is 2. The van der Waals surface area contributed by atoms with Gasteiger partial charge in [0.1, 0.15) is 0 Å². The molecule has 9 aromatic rings. The minimum atomic E-state index is 0.693. The van der Waals surface area contributed by atoms with Crippen molar-refractivity contribution in [2.75, 3.05) is 0 Å². The van der Waals surface area contributed by atoms with Crippen molar-refractivity contribution in [3.05, 3.63) is 217 Å². The van der Waals surface area contributed by atoms with Gasteiger partial charge in [-0.2, -0.15) is 0 Å². The van der Waals surface area contributed by atoms with Crippen molar-refractivity contribution in [2.24, 2.45) is 0 Å². The van der Waals surface area contributed by atoms with Crippen molar-refractivity contribution < 1.29 is 0 Å². The highest BCUT2D eigenvalue weighted by Crippen LogP contribution is 2.40. The SMILES string of the molecule is Cc1cc(-c2ccc(-c3ccccc3-c3cc(Cl)cc(-c4ccccc4-c4ccc(-c5cc(C)c(-c6ccccc6)cn5)cc4)c3)cc2)ncc1-c1ccccc1. The first-order valence-corrected chi connectivity index (χ1v) is 19.6. The molecule has 0 radical (unpaired) electrons. The smallest absolute Gasteiger partial charge is 0.0705 e. The number of halogens is 1. The Bertz CT molecular complexity index is 2650. The first-order valence-electron chi connectivity index (χ1n) is 19.2. The molecule has 2 aromatic heterocycles. The summed E-state index contributed by atoms with van der Waals surface area (Å²) in [5.74, 6) is 0. The van der Waals surface area contributed by atoms with E-state index < -0.39 is 0 Å². The van der Waals surface area contributed by atoms with Gasteiger partial charge >= 0.3 is 0 Å². The minimum absolute atomic E-state index is 0.693. The van der Waals surface area contributed by atoms with Gasteiger partial charge in [-0.05, 0) is 111 Å². The van der Waals surface area contributed by atoms with Gasteiger partial charge in [0.05, 0.1) is 11.4 Å². The fraction of sp³-hybridized carbons (Fsp3) is 0.0370. The van der Waals surface area contributed by atoms with Gasteiger partial charge in [-0.15, -0.1) is 0 Å². The van der Waals surface area contributed by atoms with E-state index in [1.807, 2.05) is 24.5 Å². The maximum Gasteiger partial charge on any atom is 0.0705 e. The van der Waals surface area contributed by atoms with Crippen molar-refractivity contribution in [1.29, 1.82) is 0 Å². The molecule has 0 saturated heterocycles. The van der Waals surface area contributed by atoms with Crippen molar-refractivity contribution in [3.8, 4) is 89.3 Å². The molecule has 0 N–H and O–H groups in total. The Labute approximate surface area is 339 Å². The maximum absolute atomic E-state index is 6.94. The van der Waals surface area contributed by atoms with E-state index in [9.17, 15) is 0 Å². The topological polar surface area (TPSA) is 25.8 Å². The van der Waals surface area contributed by atoms with E-state index in [2.05, 4.69) is 190 Å². The van der Waals surface area contributed by atoms with Crippen molar-refractivity contribution >= 4 is 11.6 Å². The van der Waals surface area contributed by atoms with Crippen LogP contribution < -0.4 is 0 Å². The largest absolute Gasteiger partial charge is 0.256 e. The number of rotatable bonds is 8. The Balaban J connectivity index is 1.00. The van der Waals surface area contributed by atoms with Crippen LogP contribution >= 0.6 is 11.6 Å². The standard InChI is InChI=1S/C54H39ClN2/c1-36-29-53(56-34-51(36)38-13-5-3-6-14-38)42-25-21-40(22-26-42)47-17-9-11-19-49(47)44-31-45(33-46(55)32-44)50-20-12-10-18-48(50)41-23-27-43(28-24-41)54-30-37(2)52(35-57-54)39-15-7-4-8-16-39/h3-35H,1-2H3. The first-order chi connectivity index (χ1) is 28.0. The molecule has 272 valence electrons. The van der Waals surface area contributed by atoms with Crippen LogP contribution in [0.1, 0.15) is 11.1 Å². The quantitative estimate of drug-likeness (QED) is 0.155. The van der Waals surface area contributed by atoms with E-state index in [0.717, 1.165) is 78.1 Å². The third-order valence-electron chi connectivity index (χ3n) is 10.7. The lowest BCUT2D eigenvalue weighted by Crippen LogP contribution is -1.91. The van der Waals surface area contributed by atoms with E-state index in [1.54, 1.807) is 0 Å². The molecule has 0 fully saturated rings. The fourth-order valence-corrected chi connectivity index (χ4v) is 8.02. The van der Waals surface area contributed by atoms with Gasteiger partial charge in [0, 0.05) is 39.7 Å². The summed E-state index contributed by atoms with van der Waals surface area (Å²) >= 11 is 6.94. The zero-order valence-electron chi connectivity index (χ0n) is 31.8.